The van der Waals surface area contributed by atoms with Gasteiger partial charge in [-0.1, -0.05) is 0 Å². The van der Waals surface area contributed by atoms with Crippen molar-refractivity contribution in [1.82, 2.24) is 4.90 Å². The zero-order valence-corrected chi connectivity index (χ0v) is 12.4. The molecule has 1 aliphatic rings. The lowest BCUT2D eigenvalue weighted by atomic mass is 9.94. The largest absolute Gasteiger partial charge is 0.481 e. The summed E-state index contributed by atoms with van der Waals surface area (Å²) in [5.41, 5.74) is 0.480. The molecule has 0 atom stereocenters. The molecule has 112 valence electrons. The van der Waals surface area contributed by atoms with Crippen LogP contribution in [0.5, 0.6) is 0 Å². The van der Waals surface area contributed by atoms with E-state index in [9.17, 15) is 9.59 Å². The van der Waals surface area contributed by atoms with Gasteiger partial charge in [0, 0.05) is 6.42 Å². The fraction of sp³-hybridized carbons (Fsp3) is 0.500. The Bertz CT molecular complexity index is 556. The summed E-state index contributed by atoms with van der Waals surface area (Å²) < 4.78 is 0. The molecule has 1 aromatic rings. The van der Waals surface area contributed by atoms with Crippen LogP contribution >= 0.6 is 11.3 Å². The zero-order valence-electron chi connectivity index (χ0n) is 11.5. The van der Waals surface area contributed by atoms with E-state index in [1.54, 1.807) is 11.4 Å². The van der Waals surface area contributed by atoms with E-state index in [0.29, 0.717) is 10.6 Å². The van der Waals surface area contributed by atoms with E-state index in [2.05, 4.69) is 5.32 Å². The van der Waals surface area contributed by atoms with E-state index < -0.39 is 5.97 Å². The van der Waals surface area contributed by atoms with Crippen molar-refractivity contribution in [2.45, 2.75) is 19.3 Å². The Morgan fingerprint density at radius 2 is 2.19 bits per heavy atom. The molecule has 2 rings (SSSR count). The smallest absolute Gasteiger partial charge is 0.303 e. The number of piperidine rings is 1. The zero-order chi connectivity index (χ0) is 15.2. The van der Waals surface area contributed by atoms with Crippen LogP contribution in [0.4, 0.5) is 5.00 Å². The fourth-order valence-corrected chi connectivity index (χ4v) is 3.21. The molecule has 2 N–H and O–H groups in total. The molecule has 0 bridgehead atoms. The molecule has 1 aliphatic heterocycles. The van der Waals surface area contributed by atoms with Gasteiger partial charge in [-0.15, -0.1) is 11.3 Å². The van der Waals surface area contributed by atoms with Gasteiger partial charge in [-0.3, -0.25) is 14.5 Å². The lowest BCUT2D eigenvalue weighted by Crippen LogP contribution is -2.39. The van der Waals surface area contributed by atoms with Gasteiger partial charge < -0.3 is 10.4 Å². The van der Waals surface area contributed by atoms with E-state index in [1.807, 2.05) is 11.0 Å². The van der Waals surface area contributed by atoms with Gasteiger partial charge in [0.05, 0.1) is 12.1 Å². The molecule has 7 heteroatoms. The number of anilines is 1. The van der Waals surface area contributed by atoms with Crippen molar-refractivity contribution in [2.75, 3.05) is 25.0 Å². The predicted octanol–water partition coefficient (Wildman–Crippen LogP) is 1.74. The SMILES string of the molecule is N#Cc1ccsc1NC(=O)CN1CCC(CC(=O)O)CC1. The number of carboxylic acid groups (broad SMARTS) is 1. The third-order valence-corrected chi connectivity index (χ3v) is 4.41. The molecular formula is C14H17N3O3S. The number of carboxylic acids is 1. The molecule has 2 heterocycles. The van der Waals surface area contributed by atoms with Crippen LogP contribution in [0.15, 0.2) is 11.4 Å². The number of aliphatic carboxylic acids is 1. The van der Waals surface area contributed by atoms with E-state index in [1.165, 1.54) is 11.3 Å². The van der Waals surface area contributed by atoms with Crippen molar-refractivity contribution in [1.29, 1.82) is 5.26 Å². The van der Waals surface area contributed by atoms with E-state index in [4.69, 9.17) is 10.4 Å². The number of nitriles is 1. The van der Waals surface area contributed by atoms with Crippen molar-refractivity contribution in [3.63, 3.8) is 0 Å². The number of carbonyl (C=O) groups excluding carboxylic acids is 1. The predicted molar refractivity (Wildman–Crippen MR) is 79.1 cm³/mol. The van der Waals surface area contributed by atoms with Crippen LogP contribution < -0.4 is 5.32 Å². The van der Waals surface area contributed by atoms with Gasteiger partial charge in [-0.25, -0.2) is 0 Å². The number of nitrogens with one attached hydrogen (secondary N) is 1. The fourth-order valence-electron chi connectivity index (χ4n) is 2.46. The minimum absolute atomic E-state index is 0.134. The number of hydrogen-bond donors (Lipinski definition) is 2. The van der Waals surface area contributed by atoms with Crippen LogP contribution in [-0.2, 0) is 9.59 Å². The van der Waals surface area contributed by atoms with Crippen molar-refractivity contribution < 1.29 is 14.7 Å². The van der Waals surface area contributed by atoms with Crippen molar-refractivity contribution >= 4 is 28.2 Å². The van der Waals surface area contributed by atoms with E-state index >= 15 is 0 Å². The molecule has 0 spiro atoms. The van der Waals surface area contributed by atoms with Gasteiger partial charge in [-0.2, -0.15) is 5.26 Å². The van der Waals surface area contributed by atoms with Crippen LogP contribution in [0.1, 0.15) is 24.8 Å². The van der Waals surface area contributed by atoms with Crippen molar-refractivity contribution in [3.8, 4) is 6.07 Å². The normalized spacial score (nSPS) is 16.3. The number of carbonyl (C=O) groups is 2. The molecule has 0 unspecified atom stereocenters. The molecular weight excluding hydrogens is 290 g/mol. The van der Waals surface area contributed by atoms with Gasteiger partial charge in [0.25, 0.3) is 0 Å². The Morgan fingerprint density at radius 3 is 2.81 bits per heavy atom. The summed E-state index contributed by atoms with van der Waals surface area (Å²) in [7, 11) is 0. The van der Waals surface area contributed by atoms with Gasteiger partial charge in [0.2, 0.25) is 5.91 Å². The third kappa shape index (κ3) is 4.55. The first-order valence-corrected chi connectivity index (χ1v) is 7.68. The highest BCUT2D eigenvalue weighted by molar-refractivity contribution is 7.14. The summed E-state index contributed by atoms with van der Waals surface area (Å²) in [6.07, 6.45) is 1.82. The highest BCUT2D eigenvalue weighted by Gasteiger charge is 2.22. The minimum Gasteiger partial charge on any atom is -0.481 e. The molecule has 0 aromatic carbocycles. The molecule has 1 fully saturated rings. The Kier molecular flexibility index (Phi) is 5.31. The van der Waals surface area contributed by atoms with Crippen molar-refractivity contribution in [3.05, 3.63) is 17.0 Å². The topological polar surface area (TPSA) is 93.4 Å². The Hall–Kier alpha value is -1.91. The molecule has 21 heavy (non-hydrogen) atoms. The number of thiophene rings is 1. The summed E-state index contributed by atoms with van der Waals surface area (Å²) in [5.74, 6) is -0.678. The first kappa shape index (κ1) is 15.5. The van der Waals surface area contributed by atoms with Crippen LogP contribution in [0, 0.1) is 17.2 Å². The van der Waals surface area contributed by atoms with E-state index in [-0.39, 0.29) is 24.8 Å². The van der Waals surface area contributed by atoms with Gasteiger partial charge >= 0.3 is 5.97 Å². The second-order valence-corrected chi connectivity index (χ2v) is 6.06. The van der Waals surface area contributed by atoms with Gasteiger partial charge in [0.15, 0.2) is 0 Å². The first-order chi connectivity index (χ1) is 10.1. The van der Waals surface area contributed by atoms with Crippen LogP contribution in [0.25, 0.3) is 0 Å². The summed E-state index contributed by atoms with van der Waals surface area (Å²) in [6, 6.07) is 3.71. The van der Waals surface area contributed by atoms with Gasteiger partial charge in [0.1, 0.15) is 11.1 Å². The molecule has 0 saturated carbocycles. The maximum atomic E-state index is 12.0. The van der Waals surface area contributed by atoms with Crippen LogP contribution in [0.2, 0.25) is 0 Å². The number of rotatable bonds is 5. The Balaban J connectivity index is 1.77. The highest BCUT2D eigenvalue weighted by Crippen LogP contribution is 2.23. The maximum absolute atomic E-state index is 12.0. The van der Waals surface area contributed by atoms with Gasteiger partial charge in [-0.05, 0) is 43.3 Å². The average Bonchev–Trinajstić information content (AvgIpc) is 2.87. The first-order valence-electron chi connectivity index (χ1n) is 6.80. The highest BCUT2D eigenvalue weighted by atomic mass is 32.1. The monoisotopic (exact) mass is 307 g/mol. The minimum atomic E-state index is -0.757. The summed E-state index contributed by atoms with van der Waals surface area (Å²) in [4.78, 5) is 24.6. The maximum Gasteiger partial charge on any atom is 0.303 e. The molecule has 0 aliphatic carbocycles. The quantitative estimate of drug-likeness (QED) is 0.864. The lowest BCUT2D eigenvalue weighted by molar-refractivity contribution is -0.138. The van der Waals surface area contributed by atoms with E-state index in [0.717, 1.165) is 25.9 Å². The Morgan fingerprint density at radius 1 is 1.48 bits per heavy atom. The number of likely N-dealkylation sites (tertiary alicyclic amines) is 1. The number of amides is 1. The number of hydrogen-bond acceptors (Lipinski definition) is 5. The second-order valence-electron chi connectivity index (χ2n) is 5.14. The average molecular weight is 307 g/mol. The van der Waals surface area contributed by atoms with Crippen molar-refractivity contribution in [2.24, 2.45) is 5.92 Å². The summed E-state index contributed by atoms with van der Waals surface area (Å²) >= 11 is 1.33. The van der Waals surface area contributed by atoms with Crippen LogP contribution in [0.3, 0.4) is 0 Å². The molecule has 1 aromatic heterocycles. The van der Waals surface area contributed by atoms with Crippen LogP contribution in [-0.4, -0.2) is 41.5 Å². The summed E-state index contributed by atoms with van der Waals surface area (Å²) in [6.45, 7) is 1.75. The molecule has 1 amide bonds. The lowest BCUT2D eigenvalue weighted by Gasteiger charge is -2.30. The second kappa shape index (κ2) is 7.20. The Labute approximate surface area is 127 Å². The molecule has 1 saturated heterocycles. The third-order valence-electron chi connectivity index (χ3n) is 3.58. The summed E-state index contributed by atoms with van der Waals surface area (Å²) in [5, 5.41) is 22.8. The molecule has 6 nitrogen and oxygen atoms in total. The number of nitrogens with zero attached hydrogens (tertiary/aromatic N) is 2. The standard InChI is InChI=1S/C14H17N3O3S/c15-8-11-3-6-21-14(11)16-12(18)9-17-4-1-10(2-5-17)7-13(19)20/h3,6,10H,1-2,4-5,7,9H2,(H,16,18)(H,19,20). The molecule has 0 radical (unpaired) electrons.